The van der Waals surface area contributed by atoms with Crippen LogP contribution in [0.15, 0.2) is 53.1 Å². The predicted octanol–water partition coefficient (Wildman–Crippen LogP) is 5.26. The third-order valence-electron chi connectivity index (χ3n) is 5.61. The molecule has 1 aliphatic rings. The van der Waals surface area contributed by atoms with E-state index in [-0.39, 0.29) is 0 Å². The van der Waals surface area contributed by atoms with Crippen molar-refractivity contribution in [3.8, 4) is 11.3 Å². The first-order valence-electron chi connectivity index (χ1n) is 9.15. The number of hydrogen-bond acceptors (Lipinski definition) is 1. The molecule has 2 aromatic carbocycles. The number of rotatable bonds is 1. The van der Waals surface area contributed by atoms with Gasteiger partial charge < -0.3 is 4.42 Å². The van der Waals surface area contributed by atoms with Gasteiger partial charge in [-0.15, -0.1) is 0 Å². The van der Waals surface area contributed by atoms with Crippen LogP contribution in [0.2, 0.25) is 0 Å². The second kappa shape index (κ2) is 5.45. The fourth-order valence-electron chi connectivity index (χ4n) is 4.29. The van der Waals surface area contributed by atoms with Crippen LogP contribution in [0, 0.1) is 6.92 Å². The van der Waals surface area contributed by atoms with E-state index in [9.17, 15) is 0 Å². The Morgan fingerprint density at radius 2 is 1.72 bits per heavy atom. The van der Waals surface area contributed by atoms with Crippen LogP contribution in [0.4, 0.5) is 0 Å². The third kappa shape index (κ3) is 2.21. The Bertz CT molecular complexity index is 1120. The number of aryl methyl sites for hydroxylation is 4. The van der Waals surface area contributed by atoms with Crippen molar-refractivity contribution in [2.24, 2.45) is 7.05 Å². The zero-order chi connectivity index (χ0) is 17.0. The molecule has 0 bridgehead atoms. The highest BCUT2D eigenvalue weighted by Crippen LogP contribution is 2.37. The molecule has 0 atom stereocenters. The molecule has 4 aromatic rings. The zero-order valence-electron chi connectivity index (χ0n) is 14.8. The summed E-state index contributed by atoms with van der Waals surface area (Å²) in [7, 11) is 2.16. The Morgan fingerprint density at radius 1 is 0.920 bits per heavy atom. The van der Waals surface area contributed by atoms with Gasteiger partial charge in [-0.1, -0.05) is 30.3 Å². The summed E-state index contributed by atoms with van der Waals surface area (Å²) in [5, 5.41) is 2.40. The number of para-hydroxylation sites is 1. The monoisotopic (exact) mass is 328 g/mol. The van der Waals surface area contributed by atoms with Crippen LogP contribution in [0.25, 0.3) is 33.2 Å². The molecule has 0 saturated heterocycles. The van der Waals surface area contributed by atoms with Crippen LogP contribution < -0.4 is 4.57 Å². The maximum Gasteiger partial charge on any atom is 0.216 e. The number of furan rings is 1. The smallest absolute Gasteiger partial charge is 0.216 e. The van der Waals surface area contributed by atoms with Crippen molar-refractivity contribution in [2.45, 2.75) is 32.6 Å². The Balaban J connectivity index is 1.85. The lowest BCUT2D eigenvalue weighted by molar-refractivity contribution is -0.660. The number of benzene rings is 2. The van der Waals surface area contributed by atoms with Crippen molar-refractivity contribution in [3.63, 3.8) is 0 Å². The fraction of sp³-hybridized carbons (Fsp3) is 0.261. The Kier molecular flexibility index (Phi) is 3.21. The molecule has 0 spiro atoms. The third-order valence-corrected chi connectivity index (χ3v) is 5.61. The van der Waals surface area contributed by atoms with Crippen molar-refractivity contribution in [1.29, 1.82) is 0 Å². The molecule has 5 rings (SSSR count). The normalized spacial score (nSPS) is 14.2. The molecule has 0 saturated carbocycles. The number of aromatic nitrogens is 1. The van der Waals surface area contributed by atoms with Crippen molar-refractivity contribution in [1.82, 2.24) is 0 Å². The van der Waals surface area contributed by atoms with Crippen LogP contribution in [-0.4, -0.2) is 0 Å². The number of nitrogens with zero attached hydrogens (tertiary/aromatic N) is 1. The van der Waals surface area contributed by atoms with E-state index >= 15 is 0 Å². The van der Waals surface area contributed by atoms with E-state index in [0.29, 0.717) is 0 Å². The van der Waals surface area contributed by atoms with Crippen LogP contribution in [0.5, 0.6) is 0 Å². The summed E-state index contributed by atoms with van der Waals surface area (Å²) in [5.74, 6) is 0. The van der Waals surface area contributed by atoms with Crippen molar-refractivity contribution < 1.29 is 8.98 Å². The predicted molar refractivity (Wildman–Crippen MR) is 102 cm³/mol. The van der Waals surface area contributed by atoms with Gasteiger partial charge >= 0.3 is 0 Å². The largest absolute Gasteiger partial charge is 0.455 e. The summed E-state index contributed by atoms with van der Waals surface area (Å²) in [6.45, 7) is 2.18. The molecule has 0 N–H and O–H groups in total. The molecule has 0 unspecified atom stereocenters. The topological polar surface area (TPSA) is 17.0 Å². The maximum atomic E-state index is 6.30. The SMILES string of the molecule is Cc1ccc2c(oc3ccccc32)c1-c1cc2c(c[n+]1C)CCCC2. The molecule has 2 heterocycles. The second-order valence-electron chi connectivity index (χ2n) is 7.26. The standard InChI is InChI=1S/C23H22NO/c1-15-11-12-19-18-9-5-6-10-21(18)25-23(19)22(15)20-13-16-7-3-4-8-17(16)14-24(20)2/h5-6,9-14H,3-4,7-8H2,1-2H3/q+1. The molecule has 2 nitrogen and oxygen atoms in total. The van der Waals surface area contributed by atoms with Crippen LogP contribution in [-0.2, 0) is 19.9 Å². The first-order valence-corrected chi connectivity index (χ1v) is 9.15. The lowest BCUT2D eigenvalue weighted by Crippen LogP contribution is -2.32. The van der Waals surface area contributed by atoms with Crippen LogP contribution in [0.1, 0.15) is 29.5 Å². The summed E-state index contributed by atoms with van der Waals surface area (Å²) in [5.41, 5.74) is 8.72. The van der Waals surface area contributed by atoms with Gasteiger partial charge in [0.1, 0.15) is 18.2 Å². The van der Waals surface area contributed by atoms with Gasteiger partial charge in [-0.25, -0.2) is 4.57 Å². The molecule has 0 aliphatic heterocycles. The van der Waals surface area contributed by atoms with Gasteiger partial charge in [0.05, 0.1) is 5.56 Å². The minimum atomic E-state index is 0.963. The van der Waals surface area contributed by atoms with Gasteiger partial charge in [-0.2, -0.15) is 0 Å². The van der Waals surface area contributed by atoms with Crippen LogP contribution in [0.3, 0.4) is 0 Å². The van der Waals surface area contributed by atoms with Gasteiger partial charge in [0.2, 0.25) is 5.69 Å². The summed E-state index contributed by atoms with van der Waals surface area (Å²) in [4.78, 5) is 0. The van der Waals surface area contributed by atoms with E-state index in [0.717, 1.165) is 11.2 Å². The van der Waals surface area contributed by atoms with E-state index in [4.69, 9.17) is 4.42 Å². The zero-order valence-corrected chi connectivity index (χ0v) is 14.8. The summed E-state index contributed by atoms with van der Waals surface area (Å²) in [6.07, 6.45) is 7.33. The lowest BCUT2D eigenvalue weighted by atomic mass is 9.91. The average molecular weight is 328 g/mol. The molecule has 124 valence electrons. The molecular weight excluding hydrogens is 306 g/mol. The quantitative estimate of drug-likeness (QED) is 0.435. The van der Waals surface area contributed by atoms with Gasteiger partial charge in [0, 0.05) is 22.4 Å². The van der Waals surface area contributed by atoms with E-state index in [1.807, 2.05) is 6.07 Å². The summed E-state index contributed by atoms with van der Waals surface area (Å²) < 4.78 is 8.58. The highest BCUT2D eigenvalue weighted by molar-refractivity contribution is 6.09. The van der Waals surface area contributed by atoms with Gasteiger partial charge in [-0.05, 0) is 49.8 Å². The van der Waals surface area contributed by atoms with Gasteiger partial charge in [-0.3, -0.25) is 0 Å². The van der Waals surface area contributed by atoms with Crippen LogP contribution >= 0.6 is 0 Å². The van der Waals surface area contributed by atoms with Crippen molar-refractivity contribution >= 4 is 21.9 Å². The molecular formula is C23H22NO+. The first kappa shape index (κ1) is 14.7. The molecule has 2 aromatic heterocycles. The van der Waals surface area contributed by atoms with Gasteiger partial charge in [0.25, 0.3) is 0 Å². The molecule has 2 heteroatoms. The minimum absolute atomic E-state index is 0.963. The lowest BCUT2D eigenvalue weighted by Gasteiger charge is -2.15. The number of pyridine rings is 1. The Hall–Kier alpha value is -2.61. The Morgan fingerprint density at radius 3 is 2.60 bits per heavy atom. The highest BCUT2D eigenvalue weighted by atomic mass is 16.3. The molecule has 0 fully saturated rings. The number of hydrogen-bond donors (Lipinski definition) is 0. The molecule has 0 radical (unpaired) electrons. The summed E-state index contributed by atoms with van der Waals surface area (Å²) >= 11 is 0. The maximum absolute atomic E-state index is 6.30. The van der Waals surface area contributed by atoms with Gasteiger partial charge in [0.15, 0.2) is 6.20 Å². The minimum Gasteiger partial charge on any atom is -0.455 e. The van der Waals surface area contributed by atoms with Crippen molar-refractivity contribution in [3.05, 3.63) is 65.4 Å². The van der Waals surface area contributed by atoms with Crippen molar-refractivity contribution in [2.75, 3.05) is 0 Å². The van der Waals surface area contributed by atoms with E-state index in [1.165, 1.54) is 64.4 Å². The van der Waals surface area contributed by atoms with E-state index < -0.39 is 0 Å². The molecule has 0 amide bonds. The van der Waals surface area contributed by atoms with E-state index in [1.54, 1.807) is 0 Å². The molecule has 1 aliphatic carbocycles. The Labute approximate surface area is 147 Å². The number of fused-ring (bicyclic) bond motifs is 4. The first-order chi connectivity index (χ1) is 12.2. The second-order valence-corrected chi connectivity index (χ2v) is 7.26. The summed E-state index contributed by atoms with van der Waals surface area (Å²) in [6, 6.07) is 15.1. The highest BCUT2D eigenvalue weighted by Gasteiger charge is 2.23. The average Bonchev–Trinajstić information content (AvgIpc) is 3.00. The molecule has 25 heavy (non-hydrogen) atoms. The van der Waals surface area contributed by atoms with E-state index in [2.05, 4.69) is 61.1 Å². The fourth-order valence-corrected chi connectivity index (χ4v) is 4.29.